The van der Waals surface area contributed by atoms with Gasteiger partial charge in [-0.05, 0) is 36.6 Å². The summed E-state index contributed by atoms with van der Waals surface area (Å²) in [6, 6.07) is 18.7. The molecule has 2 aromatic rings. The van der Waals surface area contributed by atoms with Gasteiger partial charge in [-0.3, -0.25) is 0 Å². The van der Waals surface area contributed by atoms with Crippen molar-refractivity contribution >= 4 is 0 Å². The van der Waals surface area contributed by atoms with Crippen LogP contribution in [0.2, 0.25) is 0 Å². The fourth-order valence-corrected chi connectivity index (χ4v) is 2.30. The van der Waals surface area contributed by atoms with Gasteiger partial charge in [-0.2, -0.15) is 0 Å². The topological polar surface area (TPSA) is 18.5 Å². The first kappa shape index (κ1) is 15.6. The molecule has 0 amide bonds. The van der Waals surface area contributed by atoms with Gasteiger partial charge in [-0.1, -0.05) is 49.4 Å². The molecule has 0 aliphatic carbocycles. The summed E-state index contributed by atoms with van der Waals surface area (Å²) in [5.74, 6) is 0.923. The third-order valence-corrected chi connectivity index (χ3v) is 3.35. The summed E-state index contributed by atoms with van der Waals surface area (Å²) in [4.78, 5) is 0. The summed E-state index contributed by atoms with van der Waals surface area (Å²) in [6.07, 6.45) is 2.03. The van der Waals surface area contributed by atoms with E-state index in [0.717, 1.165) is 25.2 Å². The zero-order valence-electron chi connectivity index (χ0n) is 12.9. The highest BCUT2D eigenvalue weighted by molar-refractivity contribution is 5.29. The first-order valence-electron chi connectivity index (χ1n) is 7.71. The van der Waals surface area contributed by atoms with Gasteiger partial charge in [0, 0.05) is 13.0 Å². The van der Waals surface area contributed by atoms with Crippen molar-refractivity contribution in [3.63, 3.8) is 0 Å². The zero-order chi connectivity index (χ0) is 14.9. The van der Waals surface area contributed by atoms with E-state index in [9.17, 15) is 0 Å². The number of rotatable bonds is 8. The van der Waals surface area contributed by atoms with E-state index in [2.05, 4.69) is 43.3 Å². The van der Waals surface area contributed by atoms with Crippen molar-refractivity contribution in [3.05, 3.63) is 65.7 Å². The highest BCUT2D eigenvalue weighted by atomic mass is 16.5. The molecular weight excluding hydrogens is 260 g/mol. The van der Waals surface area contributed by atoms with Gasteiger partial charge in [0.2, 0.25) is 0 Å². The first-order chi connectivity index (χ1) is 10.3. The smallest absolute Gasteiger partial charge is 0.119 e. The molecule has 2 nitrogen and oxygen atoms in total. The lowest BCUT2D eigenvalue weighted by Gasteiger charge is -2.18. The van der Waals surface area contributed by atoms with Gasteiger partial charge in [-0.25, -0.2) is 0 Å². The maximum atomic E-state index is 6.03. The predicted octanol–water partition coefficient (Wildman–Crippen LogP) is 4.80. The summed E-state index contributed by atoms with van der Waals surface area (Å²) >= 11 is 0. The highest BCUT2D eigenvalue weighted by Gasteiger charge is 2.12. The summed E-state index contributed by atoms with van der Waals surface area (Å²) in [5.41, 5.74) is 2.50. The summed E-state index contributed by atoms with van der Waals surface area (Å²) in [5, 5.41) is 0. The van der Waals surface area contributed by atoms with Gasteiger partial charge in [0.05, 0.1) is 12.7 Å². The molecule has 0 heterocycles. The Morgan fingerprint density at radius 3 is 2.24 bits per heavy atom. The number of hydrogen-bond acceptors (Lipinski definition) is 2. The van der Waals surface area contributed by atoms with E-state index < -0.39 is 0 Å². The monoisotopic (exact) mass is 284 g/mol. The average molecular weight is 284 g/mol. The van der Waals surface area contributed by atoms with Crippen molar-refractivity contribution in [2.24, 2.45) is 0 Å². The Labute approximate surface area is 127 Å². The maximum absolute atomic E-state index is 6.03. The van der Waals surface area contributed by atoms with Crippen molar-refractivity contribution < 1.29 is 9.47 Å². The molecule has 1 unspecified atom stereocenters. The van der Waals surface area contributed by atoms with E-state index in [0.29, 0.717) is 6.61 Å². The van der Waals surface area contributed by atoms with Gasteiger partial charge >= 0.3 is 0 Å². The summed E-state index contributed by atoms with van der Waals surface area (Å²) in [6.45, 7) is 5.62. The quantitative estimate of drug-likeness (QED) is 0.693. The van der Waals surface area contributed by atoms with E-state index in [-0.39, 0.29) is 6.10 Å². The second kappa shape index (κ2) is 8.48. The molecule has 2 aromatic carbocycles. The van der Waals surface area contributed by atoms with E-state index in [1.807, 2.05) is 25.1 Å². The fourth-order valence-electron chi connectivity index (χ4n) is 2.30. The van der Waals surface area contributed by atoms with Crippen LogP contribution in [0.25, 0.3) is 0 Å². The SMILES string of the molecule is CCCOC(Cc1ccc(OCC)cc1)c1ccccc1. The number of hydrogen-bond donors (Lipinski definition) is 0. The van der Waals surface area contributed by atoms with Crippen LogP contribution < -0.4 is 4.74 Å². The van der Waals surface area contributed by atoms with E-state index in [1.165, 1.54) is 11.1 Å². The van der Waals surface area contributed by atoms with Gasteiger partial charge in [-0.15, -0.1) is 0 Å². The van der Waals surface area contributed by atoms with Crippen LogP contribution in [0, 0.1) is 0 Å². The Hall–Kier alpha value is -1.80. The fraction of sp³-hybridized carbons (Fsp3) is 0.368. The Bertz CT molecular complexity index is 505. The Morgan fingerprint density at radius 1 is 0.905 bits per heavy atom. The lowest BCUT2D eigenvalue weighted by Crippen LogP contribution is -2.08. The molecule has 0 N–H and O–H groups in total. The van der Waals surface area contributed by atoms with Gasteiger partial charge in [0.25, 0.3) is 0 Å². The molecule has 0 bridgehead atoms. The molecule has 21 heavy (non-hydrogen) atoms. The Kier molecular flexibility index (Phi) is 6.29. The molecule has 112 valence electrons. The molecule has 2 heteroatoms. The lowest BCUT2D eigenvalue weighted by atomic mass is 10.0. The highest BCUT2D eigenvalue weighted by Crippen LogP contribution is 2.23. The van der Waals surface area contributed by atoms with Crippen molar-refractivity contribution in [2.45, 2.75) is 32.8 Å². The second-order valence-electron chi connectivity index (χ2n) is 5.05. The van der Waals surface area contributed by atoms with Crippen LogP contribution >= 0.6 is 0 Å². The Balaban J connectivity index is 2.07. The third-order valence-electron chi connectivity index (χ3n) is 3.35. The molecule has 2 rings (SSSR count). The van der Waals surface area contributed by atoms with E-state index >= 15 is 0 Å². The zero-order valence-corrected chi connectivity index (χ0v) is 12.9. The van der Waals surface area contributed by atoms with Gasteiger partial charge in [0.15, 0.2) is 0 Å². The molecule has 0 aliphatic heterocycles. The molecule has 0 aliphatic rings. The molecule has 0 aromatic heterocycles. The summed E-state index contributed by atoms with van der Waals surface area (Å²) in [7, 11) is 0. The minimum Gasteiger partial charge on any atom is -0.494 e. The maximum Gasteiger partial charge on any atom is 0.119 e. The van der Waals surface area contributed by atoms with Crippen LogP contribution in [-0.4, -0.2) is 13.2 Å². The molecule has 1 atom stereocenters. The standard InChI is InChI=1S/C19H24O2/c1-3-14-21-19(17-8-6-5-7-9-17)15-16-10-12-18(13-11-16)20-4-2/h5-13,19H,3-4,14-15H2,1-2H3. The van der Waals surface area contributed by atoms with Crippen LogP contribution in [0.1, 0.15) is 37.5 Å². The number of benzene rings is 2. The molecular formula is C19H24O2. The van der Waals surface area contributed by atoms with Gasteiger partial charge in [0.1, 0.15) is 5.75 Å². The summed E-state index contributed by atoms with van der Waals surface area (Å²) < 4.78 is 11.5. The van der Waals surface area contributed by atoms with E-state index in [4.69, 9.17) is 9.47 Å². The lowest BCUT2D eigenvalue weighted by molar-refractivity contribution is 0.0533. The third kappa shape index (κ3) is 4.91. The second-order valence-corrected chi connectivity index (χ2v) is 5.05. The molecule has 0 fully saturated rings. The first-order valence-corrected chi connectivity index (χ1v) is 7.71. The Morgan fingerprint density at radius 2 is 1.62 bits per heavy atom. The van der Waals surface area contributed by atoms with Gasteiger partial charge < -0.3 is 9.47 Å². The van der Waals surface area contributed by atoms with Crippen LogP contribution in [0.4, 0.5) is 0 Å². The van der Waals surface area contributed by atoms with Crippen molar-refractivity contribution in [2.75, 3.05) is 13.2 Å². The number of ether oxygens (including phenoxy) is 2. The van der Waals surface area contributed by atoms with Crippen molar-refractivity contribution in [1.82, 2.24) is 0 Å². The average Bonchev–Trinajstić information content (AvgIpc) is 2.54. The normalized spacial score (nSPS) is 12.1. The van der Waals surface area contributed by atoms with Crippen molar-refractivity contribution in [1.29, 1.82) is 0 Å². The van der Waals surface area contributed by atoms with Crippen LogP contribution in [0.3, 0.4) is 0 Å². The minimum absolute atomic E-state index is 0.115. The largest absolute Gasteiger partial charge is 0.494 e. The minimum atomic E-state index is 0.115. The van der Waals surface area contributed by atoms with Crippen LogP contribution in [0.15, 0.2) is 54.6 Å². The predicted molar refractivity (Wildman–Crippen MR) is 86.7 cm³/mol. The van der Waals surface area contributed by atoms with Crippen LogP contribution in [-0.2, 0) is 11.2 Å². The van der Waals surface area contributed by atoms with E-state index in [1.54, 1.807) is 0 Å². The molecule has 0 saturated heterocycles. The molecule has 0 spiro atoms. The van der Waals surface area contributed by atoms with Crippen LogP contribution in [0.5, 0.6) is 5.75 Å². The molecule has 0 saturated carbocycles. The molecule has 0 radical (unpaired) electrons. The van der Waals surface area contributed by atoms with Crippen molar-refractivity contribution in [3.8, 4) is 5.75 Å².